The molecule has 1 heterocycles. The summed E-state index contributed by atoms with van der Waals surface area (Å²) in [6, 6.07) is 1.98. The van der Waals surface area contributed by atoms with Crippen molar-refractivity contribution in [3.8, 4) is 0 Å². The van der Waals surface area contributed by atoms with Crippen LogP contribution in [-0.2, 0) is 0 Å². The van der Waals surface area contributed by atoms with E-state index < -0.39 is 0 Å². The average Bonchev–Trinajstić information content (AvgIpc) is 2.86. The van der Waals surface area contributed by atoms with E-state index in [4.69, 9.17) is 10.2 Å². The number of nitrogens with two attached hydrogens (primary N) is 1. The zero-order valence-corrected chi connectivity index (χ0v) is 9.53. The Bertz CT molecular complexity index is 373. The minimum atomic E-state index is -0.0535. The third-order valence-electron chi connectivity index (χ3n) is 3.27. The molecule has 2 rings (SSSR count). The Morgan fingerprint density at radius 3 is 3.06 bits per heavy atom. The van der Waals surface area contributed by atoms with Crippen molar-refractivity contribution >= 4 is 5.91 Å². The number of carbonyl (C=O) groups is 1. The first-order valence-electron chi connectivity index (χ1n) is 5.76. The quantitative estimate of drug-likeness (QED) is 0.813. The lowest BCUT2D eigenvalue weighted by Crippen LogP contribution is -2.39. The minimum Gasteiger partial charge on any atom is -0.469 e. The van der Waals surface area contributed by atoms with E-state index in [1.54, 1.807) is 6.07 Å². The van der Waals surface area contributed by atoms with Crippen LogP contribution >= 0.6 is 0 Å². The van der Waals surface area contributed by atoms with Gasteiger partial charge in [-0.1, -0.05) is 6.42 Å². The summed E-state index contributed by atoms with van der Waals surface area (Å²) in [6.07, 6.45) is 4.80. The van der Waals surface area contributed by atoms with Crippen molar-refractivity contribution in [3.05, 3.63) is 23.7 Å². The van der Waals surface area contributed by atoms with Crippen molar-refractivity contribution in [1.82, 2.24) is 5.32 Å². The second kappa shape index (κ2) is 4.70. The summed E-state index contributed by atoms with van der Waals surface area (Å²) >= 11 is 0. The predicted molar refractivity (Wildman–Crippen MR) is 61.1 cm³/mol. The van der Waals surface area contributed by atoms with Gasteiger partial charge in [0.2, 0.25) is 0 Å². The number of carbonyl (C=O) groups excluding carboxylic acids is 1. The van der Waals surface area contributed by atoms with Crippen LogP contribution in [0.3, 0.4) is 0 Å². The molecule has 1 aliphatic rings. The first kappa shape index (κ1) is 11.2. The summed E-state index contributed by atoms with van der Waals surface area (Å²) in [5.74, 6) is 1.13. The van der Waals surface area contributed by atoms with Gasteiger partial charge in [0.15, 0.2) is 0 Å². The molecule has 0 aliphatic heterocycles. The van der Waals surface area contributed by atoms with Crippen LogP contribution in [0.4, 0.5) is 0 Å². The molecule has 0 bridgehead atoms. The number of nitrogens with one attached hydrogen (secondary N) is 1. The third kappa shape index (κ3) is 2.27. The molecule has 0 radical (unpaired) electrons. The molecule has 1 fully saturated rings. The zero-order chi connectivity index (χ0) is 11.5. The van der Waals surface area contributed by atoms with Crippen LogP contribution in [0.25, 0.3) is 0 Å². The van der Waals surface area contributed by atoms with Gasteiger partial charge in [0.25, 0.3) is 5.91 Å². The summed E-state index contributed by atoms with van der Waals surface area (Å²) in [5, 5.41) is 3.03. The van der Waals surface area contributed by atoms with Crippen LogP contribution in [0.5, 0.6) is 0 Å². The second-order valence-corrected chi connectivity index (χ2v) is 4.45. The van der Waals surface area contributed by atoms with E-state index in [9.17, 15) is 4.79 Å². The fourth-order valence-corrected chi connectivity index (χ4v) is 2.32. The van der Waals surface area contributed by atoms with Gasteiger partial charge < -0.3 is 15.5 Å². The van der Waals surface area contributed by atoms with E-state index in [1.165, 1.54) is 6.26 Å². The van der Waals surface area contributed by atoms with Gasteiger partial charge in [-0.15, -0.1) is 0 Å². The lowest BCUT2D eigenvalue weighted by Gasteiger charge is -2.18. The molecule has 0 spiro atoms. The molecule has 4 nitrogen and oxygen atoms in total. The first-order valence-corrected chi connectivity index (χ1v) is 5.76. The van der Waals surface area contributed by atoms with Crippen LogP contribution in [0.15, 0.2) is 16.7 Å². The highest BCUT2D eigenvalue weighted by Crippen LogP contribution is 2.24. The van der Waals surface area contributed by atoms with Crippen LogP contribution in [0, 0.1) is 12.8 Å². The Labute approximate surface area is 95.2 Å². The van der Waals surface area contributed by atoms with Gasteiger partial charge in [0.05, 0.1) is 5.56 Å². The van der Waals surface area contributed by atoms with Crippen LogP contribution in [-0.4, -0.2) is 18.5 Å². The molecule has 1 aliphatic carbocycles. The van der Waals surface area contributed by atoms with Crippen LogP contribution in [0.1, 0.15) is 35.4 Å². The molecule has 4 heteroatoms. The summed E-state index contributed by atoms with van der Waals surface area (Å²) in [6.45, 7) is 2.48. The summed E-state index contributed by atoms with van der Waals surface area (Å²) in [4.78, 5) is 11.9. The summed E-state index contributed by atoms with van der Waals surface area (Å²) in [5.41, 5.74) is 6.27. The van der Waals surface area contributed by atoms with E-state index in [0.29, 0.717) is 18.0 Å². The van der Waals surface area contributed by atoms with E-state index >= 15 is 0 Å². The number of amides is 1. The highest BCUT2D eigenvalue weighted by molar-refractivity contribution is 5.94. The lowest BCUT2D eigenvalue weighted by molar-refractivity contribution is 0.0928. The molecule has 1 amide bonds. The number of hydrogen-bond acceptors (Lipinski definition) is 3. The molecule has 2 unspecified atom stereocenters. The van der Waals surface area contributed by atoms with Gasteiger partial charge in [-0.2, -0.15) is 0 Å². The smallest absolute Gasteiger partial charge is 0.254 e. The van der Waals surface area contributed by atoms with Crippen molar-refractivity contribution in [2.45, 2.75) is 32.2 Å². The zero-order valence-electron chi connectivity index (χ0n) is 9.53. The Kier molecular flexibility index (Phi) is 3.29. The van der Waals surface area contributed by atoms with E-state index in [0.717, 1.165) is 25.0 Å². The van der Waals surface area contributed by atoms with Crippen LogP contribution in [0.2, 0.25) is 0 Å². The van der Waals surface area contributed by atoms with Crippen molar-refractivity contribution < 1.29 is 9.21 Å². The van der Waals surface area contributed by atoms with Crippen molar-refractivity contribution in [2.24, 2.45) is 11.7 Å². The van der Waals surface area contributed by atoms with Gasteiger partial charge >= 0.3 is 0 Å². The van der Waals surface area contributed by atoms with Crippen LogP contribution < -0.4 is 11.1 Å². The van der Waals surface area contributed by atoms with E-state index in [2.05, 4.69) is 5.32 Å². The molecule has 1 aromatic heterocycles. The molecule has 16 heavy (non-hydrogen) atoms. The Morgan fingerprint density at radius 2 is 2.44 bits per heavy atom. The topological polar surface area (TPSA) is 68.3 Å². The highest BCUT2D eigenvalue weighted by Gasteiger charge is 2.27. The SMILES string of the molecule is Cc1cc(C(=O)NC2CCCC2CN)co1. The van der Waals surface area contributed by atoms with E-state index in [-0.39, 0.29) is 11.9 Å². The average molecular weight is 222 g/mol. The maximum Gasteiger partial charge on any atom is 0.254 e. The Morgan fingerprint density at radius 1 is 1.62 bits per heavy atom. The standard InChI is InChI=1S/C12H18N2O2/c1-8-5-10(7-16-8)12(15)14-11-4-2-3-9(11)6-13/h5,7,9,11H,2-4,6,13H2,1H3,(H,14,15). The second-order valence-electron chi connectivity index (χ2n) is 4.45. The van der Waals surface area contributed by atoms with Gasteiger partial charge in [0.1, 0.15) is 12.0 Å². The maximum absolute atomic E-state index is 11.9. The largest absolute Gasteiger partial charge is 0.469 e. The number of hydrogen-bond donors (Lipinski definition) is 2. The van der Waals surface area contributed by atoms with E-state index in [1.807, 2.05) is 6.92 Å². The number of aryl methyl sites for hydroxylation is 1. The first-order chi connectivity index (χ1) is 7.70. The van der Waals surface area contributed by atoms with Gasteiger partial charge in [0, 0.05) is 6.04 Å². The summed E-state index contributed by atoms with van der Waals surface area (Å²) in [7, 11) is 0. The molecule has 0 saturated heterocycles. The van der Waals surface area contributed by atoms with Crippen molar-refractivity contribution in [2.75, 3.05) is 6.54 Å². The predicted octanol–water partition coefficient (Wildman–Crippen LogP) is 1.45. The molecular weight excluding hydrogens is 204 g/mol. The Balaban J connectivity index is 1.97. The molecule has 3 N–H and O–H groups in total. The molecule has 1 aromatic rings. The normalized spacial score (nSPS) is 24.6. The number of furan rings is 1. The monoisotopic (exact) mass is 222 g/mol. The Hall–Kier alpha value is -1.29. The lowest BCUT2D eigenvalue weighted by atomic mass is 10.0. The van der Waals surface area contributed by atoms with Gasteiger partial charge in [-0.25, -0.2) is 0 Å². The number of rotatable bonds is 3. The fourth-order valence-electron chi connectivity index (χ4n) is 2.32. The highest BCUT2D eigenvalue weighted by atomic mass is 16.3. The molecular formula is C12H18N2O2. The van der Waals surface area contributed by atoms with Gasteiger partial charge in [-0.3, -0.25) is 4.79 Å². The van der Waals surface area contributed by atoms with Crippen molar-refractivity contribution in [1.29, 1.82) is 0 Å². The van der Waals surface area contributed by atoms with Crippen molar-refractivity contribution in [3.63, 3.8) is 0 Å². The fraction of sp³-hybridized carbons (Fsp3) is 0.583. The maximum atomic E-state index is 11.9. The molecule has 0 aromatic carbocycles. The third-order valence-corrected chi connectivity index (χ3v) is 3.27. The van der Waals surface area contributed by atoms with Gasteiger partial charge in [-0.05, 0) is 38.3 Å². The minimum absolute atomic E-state index is 0.0535. The molecule has 1 saturated carbocycles. The summed E-state index contributed by atoms with van der Waals surface area (Å²) < 4.78 is 5.12. The molecule has 2 atom stereocenters. The molecule has 88 valence electrons.